The minimum Gasteiger partial charge on any atom is -0.364 e. The summed E-state index contributed by atoms with van der Waals surface area (Å²) in [7, 11) is 0. The Kier molecular flexibility index (Phi) is 2.61. The molecule has 0 saturated heterocycles. The number of hydrogen-bond donors (Lipinski definition) is 0. The molecule has 2 aromatic heterocycles. The van der Waals surface area contributed by atoms with Crippen LogP contribution >= 0.6 is 0 Å². The summed E-state index contributed by atoms with van der Waals surface area (Å²) in [6.45, 7) is 2.21. The fourth-order valence-corrected chi connectivity index (χ4v) is 3.17. The van der Waals surface area contributed by atoms with Gasteiger partial charge in [0.05, 0.1) is 12.2 Å². The van der Waals surface area contributed by atoms with Gasteiger partial charge in [-0.2, -0.15) is 5.10 Å². The van der Waals surface area contributed by atoms with Crippen LogP contribution in [0.1, 0.15) is 23.4 Å². The molecule has 0 radical (unpaired) electrons. The minimum atomic E-state index is 0.0839. The van der Waals surface area contributed by atoms with Gasteiger partial charge >= 0.3 is 0 Å². The number of hydrogen-bond acceptors (Lipinski definition) is 4. The van der Waals surface area contributed by atoms with E-state index in [1.165, 1.54) is 0 Å². The number of aromatic nitrogens is 3. The van der Waals surface area contributed by atoms with E-state index in [1.807, 2.05) is 21.8 Å². The Morgan fingerprint density at radius 1 is 1.40 bits per heavy atom. The average Bonchev–Trinajstić information content (AvgIpc) is 3.13. The lowest BCUT2D eigenvalue weighted by Gasteiger charge is -2.31. The van der Waals surface area contributed by atoms with Gasteiger partial charge in [-0.25, -0.2) is 0 Å². The van der Waals surface area contributed by atoms with Crippen molar-refractivity contribution in [2.75, 3.05) is 6.54 Å². The lowest BCUT2D eigenvalue weighted by atomic mass is 9.93. The van der Waals surface area contributed by atoms with E-state index in [-0.39, 0.29) is 11.8 Å². The van der Waals surface area contributed by atoms with E-state index in [2.05, 4.69) is 10.3 Å². The second-order valence-corrected chi connectivity index (χ2v) is 5.53. The van der Waals surface area contributed by atoms with Crippen LogP contribution in [0.15, 0.2) is 23.0 Å². The van der Waals surface area contributed by atoms with E-state index in [4.69, 9.17) is 4.52 Å². The molecule has 0 aromatic carbocycles. The van der Waals surface area contributed by atoms with E-state index in [0.29, 0.717) is 6.54 Å². The van der Waals surface area contributed by atoms with Crippen LogP contribution in [0.3, 0.4) is 0 Å². The first-order valence-electron chi connectivity index (χ1n) is 7.03. The highest BCUT2D eigenvalue weighted by atomic mass is 16.5. The van der Waals surface area contributed by atoms with Crippen LogP contribution in [-0.2, 0) is 30.7 Å². The Morgan fingerprint density at radius 2 is 2.35 bits per heavy atom. The maximum absolute atomic E-state index is 12.7. The van der Waals surface area contributed by atoms with Gasteiger partial charge in [0.25, 0.3) is 0 Å². The van der Waals surface area contributed by atoms with Crippen molar-refractivity contribution in [1.29, 1.82) is 0 Å². The van der Waals surface area contributed by atoms with E-state index < -0.39 is 0 Å². The Balaban J connectivity index is 1.49. The zero-order valence-corrected chi connectivity index (χ0v) is 11.2. The monoisotopic (exact) mass is 272 g/mol. The maximum Gasteiger partial charge on any atom is 0.226 e. The molecule has 6 heteroatoms. The Hall–Kier alpha value is -2.11. The van der Waals surface area contributed by atoms with Gasteiger partial charge in [0.15, 0.2) is 0 Å². The normalized spacial score (nSPS) is 21.4. The highest BCUT2D eigenvalue weighted by Crippen LogP contribution is 2.25. The van der Waals surface area contributed by atoms with Gasteiger partial charge in [-0.1, -0.05) is 5.16 Å². The van der Waals surface area contributed by atoms with Gasteiger partial charge < -0.3 is 9.42 Å². The number of carbonyl (C=O) groups excluding carboxylic acids is 1. The van der Waals surface area contributed by atoms with Gasteiger partial charge in [-0.05, 0) is 12.5 Å². The van der Waals surface area contributed by atoms with Crippen LogP contribution in [0.4, 0.5) is 0 Å². The largest absolute Gasteiger partial charge is 0.364 e. The van der Waals surface area contributed by atoms with Gasteiger partial charge in [0.1, 0.15) is 6.26 Å². The summed E-state index contributed by atoms with van der Waals surface area (Å²) in [6.07, 6.45) is 5.94. The highest BCUT2D eigenvalue weighted by Gasteiger charge is 2.31. The molecule has 0 bridgehead atoms. The van der Waals surface area contributed by atoms with Crippen LogP contribution in [0.5, 0.6) is 0 Å². The molecule has 0 spiro atoms. The lowest BCUT2D eigenvalue weighted by molar-refractivity contribution is -0.137. The topological polar surface area (TPSA) is 64.2 Å². The van der Waals surface area contributed by atoms with Gasteiger partial charge in [-0.3, -0.25) is 9.48 Å². The van der Waals surface area contributed by atoms with Crippen molar-refractivity contribution in [3.8, 4) is 0 Å². The van der Waals surface area contributed by atoms with Crippen LogP contribution in [0.25, 0.3) is 0 Å². The molecule has 2 aliphatic heterocycles. The molecule has 0 saturated carbocycles. The second-order valence-electron chi connectivity index (χ2n) is 5.53. The maximum atomic E-state index is 12.7. The van der Waals surface area contributed by atoms with Crippen LogP contribution < -0.4 is 0 Å². The Morgan fingerprint density at radius 3 is 3.30 bits per heavy atom. The smallest absolute Gasteiger partial charge is 0.226 e. The summed E-state index contributed by atoms with van der Waals surface area (Å²) in [5.41, 5.74) is 3.21. The first-order valence-corrected chi connectivity index (χ1v) is 7.03. The molecule has 104 valence electrons. The van der Waals surface area contributed by atoms with Crippen LogP contribution in [0, 0.1) is 5.92 Å². The Labute approximate surface area is 116 Å². The molecule has 4 heterocycles. The van der Waals surface area contributed by atoms with Crippen molar-refractivity contribution in [3.05, 3.63) is 35.5 Å². The van der Waals surface area contributed by atoms with Crippen molar-refractivity contribution in [3.63, 3.8) is 0 Å². The first-order chi connectivity index (χ1) is 9.81. The fourth-order valence-electron chi connectivity index (χ4n) is 3.17. The van der Waals surface area contributed by atoms with E-state index in [9.17, 15) is 4.79 Å². The number of rotatable bonds is 1. The van der Waals surface area contributed by atoms with Crippen LogP contribution in [-0.4, -0.2) is 32.3 Å². The lowest BCUT2D eigenvalue weighted by Crippen LogP contribution is -2.41. The molecule has 1 atom stereocenters. The Bertz CT molecular complexity index is 591. The van der Waals surface area contributed by atoms with Crippen molar-refractivity contribution < 1.29 is 9.32 Å². The predicted molar refractivity (Wildman–Crippen MR) is 69.7 cm³/mol. The van der Waals surface area contributed by atoms with Gasteiger partial charge in [0.2, 0.25) is 5.91 Å². The van der Waals surface area contributed by atoms with Crippen molar-refractivity contribution in [2.45, 2.75) is 32.4 Å². The third-order valence-corrected chi connectivity index (χ3v) is 4.32. The molecule has 0 aliphatic carbocycles. The predicted octanol–water partition coefficient (Wildman–Crippen LogP) is 1.02. The molecule has 1 unspecified atom stereocenters. The third-order valence-electron chi connectivity index (χ3n) is 4.32. The average molecular weight is 272 g/mol. The van der Waals surface area contributed by atoms with Crippen LogP contribution in [0.2, 0.25) is 0 Å². The van der Waals surface area contributed by atoms with Crippen molar-refractivity contribution in [2.24, 2.45) is 5.92 Å². The molecule has 1 amide bonds. The zero-order chi connectivity index (χ0) is 13.5. The molecule has 0 fully saturated rings. The first kappa shape index (κ1) is 11.7. The van der Waals surface area contributed by atoms with E-state index in [0.717, 1.165) is 49.3 Å². The van der Waals surface area contributed by atoms with Crippen molar-refractivity contribution in [1.82, 2.24) is 19.8 Å². The van der Waals surface area contributed by atoms with Gasteiger partial charge in [0, 0.05) is 49.3 Å². The molecule has 6 nitrogen and oxygen atoms in total. The quantitative estimate of drug-likeness (QED) is 0.777. The van der Waals surface area contributed by atoms with E-state index in [1.54, 1.807) is 6.26 Å². The highest BCUT2D eigenvalue weighted by molar-refractivity contribution is 5.79. The fraction of sp³-hybridized carbons (Fsp3) is 0.500. The summed E-state index contributed by atoms with van der Waals surface area (Å²) in [5, 5.41) is 8.22. The number of fused-ring (bicyclic) bond motifs is 2. The number of aryl methyl sites for hydroxylation is 1. The summed E-state index contributed by atoms with van der Waals surface area (Å²) in [5.74, 6) is 0.338. The summed E-state index contributed by atoms with van der Waals surface area (Å²) in [6, 6.07) is 2.01. The molecule has 0 N–H and O–H groups in total. The molecule has 20 heavy (non-hydrogen) atoms. The number of nitrogens with zero attached hydrogens (tertiary/aromatic N) is 4. The molecule has 2 aliphatic rings. The summed E-state index contributed by atoms with van der Waals surface area (Å²) in [4.78, 5) is 14.6. The number of carbonyl (C=O) groups is 1. The standard InChI is InChI=1S/C14H16N4O2/c19-14(10-2-6-18-12(7-10)1-4-15-18)17-5-3-13-11(8-17)9-20-16-13/h1,4,9-10H,2-3,5-8H2. The van der Waals surface area contributed by atoms with E-state index >= 15 is 0 Å². The van der Waals surface area contributed by atoms with Crippen molar-refractivity contribution >= 4 is 5.91 Å². The number of amides is 1. The molecule has 2 aromatic rings. The minimum absolute atomic E-state index is 0.0839. The van der Waals surface area contributed by atoms with Gasteiger partial charge in [-0.15, -0.1) is 0 Å². The third kappa shape index (κ3) is 1.83. The summed E-state index contributed by atoms with van der Waals surface area (Å²) < 4.78 is 6.98. The zero-order valence-electron chi connectivity index (χ0n) is 11.2. The summed E-state index contributed by atoms with van der Waals surface area (Å²) >= 11 is 0. The molecular weight excluding hydrogens is 256 g/mol. The molecular formula is C14H16N4O2. The SMILES string of the molecule is O=C(C1CCn2nccc2C1)N1CCc2nocc2C1. The molecule has 4 rings (SSSR count). The second kappa shape index (κ2) is 4.47.